The molecule has 3 nitrogen and oxygen atoms in total. The molecule has 0 aromatic carbocycles. The van der Waals surface area contributed by atoms with Crippen molar-refractivity contribution in [2.75, 3.05) is 6.61 Å². The van der Waals surface area contributed by atoms with Crippen molar-refractivity contribution in [2.45, 2.75) is 137 Å². The molecule has 3 heteroatoms. The molecular formula is C31H54NO2. The molecule has 0 aromatic heterocycles. The van der Waals surface area contributed by atoms with Crippen LogP contribution in [-0.2, 0) is 9.94 Å². The number of hydroxylamine groups is 2. The van der Waals surface area contributed by atoms with Crippen molar-refractivity contribution in [3.63, 3.8) is 0 Å². The van der Waals surface area contributed by atoms with E-state index in [2.05, 4.69) is 48.5 Å². The van der Waals surface area contributed by atoms with Crippen LogP contribution in [0.2, 0.25) is 0 Å². The highest BCUT2D eigenvalue weighted by Crippen LogP contribution is 2.69. The summed E-state index contributed by atoms with van der Waals surface area (Å²) in [4.78, 5) is 0. The van der Waals surface area contributed by atoms with E-state index < -0.39 is 5.72 Å². The van der Waals surface area contributed by atoms with Crippen LogP contribution < -0.4 is 0 Å². The summed E-state index contributed by atoms with van der Waals surface area (Å²) < 4.78 is 6.33. The van der Waals surface area contributed by atoms with E-state index in [-0.39, 0.29) is 5.54 Å². The maximum Gasteiger partial charge on any atom is 0.148 e. The lowest BCUT2D eigenvalue weighted by Gasteiger charge is -2.62. The summed E-state index contributed by atoms with van der Waals surface area (Å²) in [6.07, 6.45) is 15.9. The van der Waals surface area contributed by atoms with Crippen LogP contribution in [0.25, 0.3) is 0 Å². The van der Waals surface area contributed by atoms with Gasteiger partial charge in [-0.05, 0) is 124 Å². The van der Waals surface area contributed by atoms with E-state index in [1.54, 1.807) is 0 Å². The molecule has 9 atom stereocenters. The Labute approximate surface area is 210 Å². The van der Waals surface area contributed by atoms with E-state index in [1.807, 2.05) is 0 Å². The van der Waals surface area contributed by atoms with Gasteiger partial charge in [-0.2, -0.15) is 0 Å². The Morgan fingerprint density at radius 3 is 2.26 bits per heavy atom. The second-order valence-electron chi connectivity index (χ2n) is 15.2. The van der Waals surface area contributed by atoms with Gasteiger partial charge in [-0.25, -0.2) is 0 Å². The van der Waals surface area contributed by atoms with Crippen molar-refractivity contribution in [1.82, 2.24) is 5.06 Å². The monoisotopic (exact) mass is 472 g/mol. The van der Waals surface area contributed by atoms with Gasteiger partial charge in [0.1, 0.15) is 5.72 Å². The molecule has 0 amide bonds. The van der Waals surface area contributed by atoms with Gasteiger partial charge in [0.25, 0.3) is 0 Å². The van der Waals surface area contributed by atoms with Crippen molar-refractivity contribution in [3.8, 4) is 0 Å². The molecule has 4 aliphatic carbocycles. The number of ether oxygens (including phenoxy) is 1. The zero-order valence-corrected chi connectivity index (χ0v) is 23.5. The Morgan fingerprint density at radius 1 is 0.853 bits per heavy atom. The first-order chi connectivity index (χ1) is 15.9. The van der Waals surface area contributed by atoms with E-state index >= 15 is 0 Å². The van der Waals surface area contributed by atoms with Crippen molar-refractivity contribution in [2.24, 2.45) is 52.3 Å². The van der Waals surface area contributed by atoms with Gasteiger partial charge in [0, 0.05) is 0 Å². The molecule has 0 N–H and O–H groups in total. The molecule has 1 unspecified atom stereocenters. The molecule has 1 spiro atoms. The third-order valence-corrected chi connectivity index (χ3v) is 12.5. The average molecular weight is 473 g/mol. The van der Waals surface area contributed by atoms with Crippen LogP contribution in [-0.4, -0.2) is 22.9 Å². The fourth-order valence-corrected chi connectivity index (χ4v) is 10.5. The van der Waals surface area contributed by atoms with Gasteiger partial charge in [0.15, 0.2) is 0 Å². The summed E-state index contributed by atoms with van der Waals surface area (Å²) in [5.74, 6) is 6.05. The van der Waals surface area contributed by atoms with Crippen LogP contribution in [0.5, 0.6) is 0 Å². The summed E-state index contributed by atoms with van der Waals surface area (Å²) >= 11 is 0. The number of nitrogens with zero attached hydrogens (tertiary/aromatic N) is 1. The molecule has 5 aliphatic rings. The molecule has 1 radical (unpaired) electrons. The summed E-state index contributed by atoms with van der Waals surface area (Å²) in [6.45, 7) is 17.4. The molecular weight excluding hydrogens is 418 g/mol. The Kier molecular flexibility index (Phi) is 6.55. The topological polar surface area (TPSA) is 32.4 Å². The molecule has 5 fully saturated rings. The Hall–Kier alpha value is -0.120. The summed E-state index contributed by atoms with van der Waals surface area (Å²) in [6, 6.07) is 0. The van der Waals surface area contributed by atoms with Crippen LogP contribution >= 0.6 is 0 Å². The SMILES string of the molecule is CC(C)CCC[C@H](C)[C@H]1CC[C@H]2[C@@H]3CC[C@H]4CC5(CC[C@]4(C)[C@H]3CC[C@]12C)OCC(C)(C)N5[O]. The van der Waals surface area contributed by atoms with Crippen molar-refractivity contribution in [1.29, 1.82) is 0 Å². The molecule has 195 valence electrons. The largest absolute Gasteiger partial charge is 0.356 e. The first kappa shape index (κ1) is 25.5. The lowest BCUT2D eigenvalue weighted by molar-refractivity contribution is -0.315. The molecule has 4 saturated carbocycles. The highest BCUT2D eigenvalue weighted by molar-refractivity contribution is 5.12. The van der Waals surface area contributed by atoms with E-state index in [0.717, 1.165) is 48.3 Å². The number of hydrogen-bond acceptors (Lipinski definition) is 2. The van der Waals surface area contributed by atoms with Gasteiger partial charge < -0.3 is 4.74 Å². The predicted octanol–water partition coefficient (Wildman–Crippen LogP) is 8.26. The Balaban J connectivity index is 1.29. The standard InChI is InChI=1S/C31H54NO2/c1-21(2)9-8-10-22(3)25-13-14-26-24-12-11-23-19-31(32(33)28(4,5)20-34-31)18-17-29(23,6)27(24)15-16-30(25,26)7/h21-27H,8-20H2,1-7H3/t22-,23-,24-,25+,26-,27-,29-,30+,31?/m0/s1. The van der Waals surface area contributed by atoms with Crippen molar-refractivity contribution in [3.05, 3.63) is 0 Å². The van der Waals surface area contributed by atoms with Crippen LogP contribution in [0.4, 0.5) is 0 Å². The first-order valence-corrected chi connectivity index (χ1v) is 15.0. The molecule has 1 saturated heterocycles. The molecule has 1 heterocycles. The van der Waals surface area contributed by atoms with Crippen LogP contribution in [0.1, 0.15) is 126 Å². The zero-order chi connectivity index (χ0) is 24.5. The second-order valence-corrected chi connectivity index (χ2v) is 15.2. The third-order valence-electron chi connectivity index (χ3n) is 12.5. The highest BCUT2D eigenvalue weighted by Gasteiger charge is 2.64. The minimum Gasteiger partial charge on any atom is -0.356 e. The average Bonchev–Trinajstić information content (AvgIpc) is 3.24. The van der Waals surface area contributed by atoms with E-state index in [1.165, 1.54) is 69.3 Å². The van der Waals surface area contributed by atoms with Gasteiger partial charge >= 0.3 is 0 Å². The third kappa shape index (κ3) is 3.85. The normalized spacial score (nSPS) is 49.1. The fourth-order valence-electron chi connectivity index (χ4n) is 10.5. The highest BCUT2D eigenvalue weighted by atomic mass is 16.6. The second kappa shape index (κ2) is 8.73. The van der Waals surface area contributed by atoms with Crippen LogP contribution in [0.3, 0.4) is 0 Å². The summed E-state index contributed by atoms with van der Waals surface area (Å²) in [5.41, 5.74) is 0.0746. The number of hydrogen-bond donors (Lipinski definition) is 0. The fraction of sp³-hybridized carbons (Fsp3) is 1.00. The molecule has 0 bridgehead atoms. The molecule has 34 heavy (non-hydrogen) atoms. The molecule has 5 rings (SSSR count). The summed E-state index contributed by atoms with van der Waals surface area (Å²) in [7, 11) is 0. The maximum atomic E-state index is 13.3. The quantitative estimate of drug-likeness (QED) is 0.403. The number of rotatable bonds is 5. The van der Waals surface area contributed by atoms with Gasteiger partial charge in [-0.3, -0.25) is 0 Å². The minimum absolute atomic E-state index is 0.373. The smallest absolute Gasteiger partial charge is 0.148 e. The first-order valence-electron chi connectivity index (χ1n) is 15.0. The minimum atomic E-state index is -0.534. The zero-order valence-electron chi connectivity index (χ0n) is 23.5. The lowest BCUT2D eigenvalue weighted by Crippen LogP contribution is -2.59. The van der Waals surface area contributed by atoms with Gasteiger partial charge in [0.2, 0.25) is 0 Å². The maximum absolute atomic E-state index is 13.3. The predicted molar refractivity (Wildman–Crippen MR) is 138 cm³/mol. The van der Waals surface area contributed by atoms with E-state index in [0.29, 0.717) is 23.4 Å². The van der Waals surface area contributed by atoms with E-state index in [4.69, 9.17) is 4.74 Å². The Morgan fingerprint density at radius 2 is 1.59 bits per heavy atom. The van der Waals surface area contributed by atoms with Crippen LogP contribution in [0.15, 0.2) is 0 Å². The van der Waals surface area contributed by atoms with Gasteiger partial charge in [0.05, 0.1) is 12.1 Å². The number of fused-ring (bicyclic) bond motifs is 5. The molecule has 1 aliphatic heterocycles. The lowest BCUT2D eigenvalue weighted by atomic mass is 9.44. The van der Waals surface area contributed by atoms with E-state index in [9.17, 15) is 5.21 Å². The van der Waals surface area contributed by atoms with Crippen molar-refractivity contribution < 1.29 is 9.94 Å². The summed E-state index contributed by atoms with van der Waals surface area (Å²) in [5, 5.41) is 14.6. The van der Waals surface area contributed by atoms with Gasteiger partial charge in [-0.1, -0.05) is 53.9 Å². The van der Waals surface area contributed by atoms with Gasteiger partial charge in [-0.15, -0.1) is 10.3 Å². The molecule has 0 aromatic rings. The van der Waals surface area contributed by atoms with Crippen molar-refractivity contribution >= 4 is 0 Å². The Bertz CT molecular complexity index is 750. The van der Waals surface area contributed by atoms with Crippen LogP contribution in [0, 0.1) is 52.3 Å².